The highest BCUT2D eigenvalue weighted by atomic mass is 16.5. The number of benzene rings is 3. The SMILES string of the molecule is Cc1ccccc1C(=O)N1CCC(C(=O)Nc2ccccc2Oc2ccccc2)CC1. The van der Waals surface area contributed by atoms with Crippen LogP contribution in [0.1, 0.15) is 28.8 Å². The summed E-state index contributed by atoms with van der Waals surface area (Å²) < 4.78 is 5.94. The predicted octanol–water partition coefficient (Wildman–Crippen LogP) is 5.28. The van der Waals surface area contributed by atoms with E-state index in [-0.39, 0.29) is 17.7 Å². The lowest BCUT2D eigenvalue weighted by Crippen LogP contribution is -2.41. The van der Waals surface area contributed by atoms with Gasteiger partial charge >= 0.3 is 0 Å². The topological polar surface area (TPSA) is 58.6 Å². The van der Waals surface area contributed by atoms with E-state index in [1.165, 1.54) is 0 Å². The van der Waals surface area contributed by atoms with Gasteiger partial charge in [0, 0.05) is 24.6 Å². The van der Waals surface area contributed by atoms with Crippen molar-refractivity contribution in [3.05, 3.63) is 90.0 Å². The summed E-state index contributed by atoms with van der Waals surface area (Å²) in [6, 6.07) is 24.5. The van der Waals surface area contributed by atoms with Crippen molar-refractivity contribution in [2.45, 2.75) is 19.8 Å². The molecule has 158 valence electrons. The molecule has 1 aliphatic rings. The molecule has 0 spiro atoms. The molecule has 2 amide bonds. The van der Waals surface area contributed by atoms with Crippen molar-refractivity contribution in [1.29, 1.82) is 0 Å². The lowest BCUT2D eigenvalue weighted by Gasteiger charge is -2.31. The zero-order valence-electron chi connectivity index (χ0n) is 17.6. The van der Waals surface area contributed by atoms with Crippen molar-refractivity contribution in [2.24, 2.45) is 5.92 Å². The average Bonchev–Trinajstić information content (AvgIpc) is 2.81. The zero-order chi connectivity index (χ0) is 21.6. The summed E-state index contributed by atoms with van der Waals surface area (Å²) in [5.74, 6) is 1.19. The fraction of sp³-hybridized carbons (Fsp3) is 0.231. The Morgan fingerprint density at radius 2 is 1.52 bits per heavy atom. The Hall–Kier alpha value is -3.60. The number of anilines is 1. The highest BCUT2D eigenvalue weighted by Crippen LogP contribution is 2.30. The number of nitrogens with one attached hydrogen (secondary N) is 1. The molecule has 0 bridgehead atoms. The summed E-state index contributed by atoms with van der Waals surface area (Å²) in [5.41, 5.74) is 2.36. The van der Waals surface area contributed by atoms with Crippen LogP contribution in [0.5, 0.6) is 11.5 Å². The van der Waals surface area contributed by atoms with E-state index in [0.29, 0.717) is 43.1 Å². The number of aryl methyl sites for hydroxylation is 1. The molecule has 1 heterocycles. The third-order valence-electron chi connectivity index (χ3n) is 5.64. The number of piperidine rings is 1. The third kappa shape index (κ3) is 4.94. The summed E-state index contributed by atoms with van der Waals surface area (Å²) in [6.45, 7) is 3.10. The van der Waals surface area contributed by atoms with E-state index in [9.17, 15) is 9.59 Å². The molecular weight excluding hydrogens is 388 g/mol. The molecule has 31 heavy (non-hydrogen) atoms. The summed E-state index contributed by atoms with van der Waals surface area (Å²) >= 11 is 0. The Labute approximate surface area is 182 Å². The number of nitrogens with zero attached hydrogens (tertiary/aromatic N) is 1. The van der Waals surface area contributed by atoms with E-state index in [0.717, 1.165) is 11.1 Å². The van der Waals surface area contributed by atoms with Gasteiger partial charge in [0.25, 0.3) is 5.91 Å². The van der Waals surface area contributed by atoms with Gasteiger partial charge in [0.15, 0.2) is 5.75 Å². The van der Waals surface area contributed by atoms with E-state index in [1.807, 2.05) is 90.7 Å². The molecule has 3 aromatic carbocycles. The zero-order valence-corrected chi connectivity index (χ0v) is 17.6. The first-order chi connectivity index (χ1) is 15.1. The molecule has 5 nitrogen and oxygen atoms in total. The Morgan fingerprint density at radius 1 is 0.871 bits per heavy atom. The minimum absolute atomic E-state index is 0.0351. The molecule has 3 aromatic rings. The number of hydrogen-bond acceptors (Lipinski definition) is 3. The van der Waals surface area contributed by atoms with Crippen molar-refractivity contribution in [2.75, 3.05) is 18.4 Å². The maximum absolute atomic E-state index is 12.9. The lowest BCUT2D eigenvalue weighted by atomic mass is 9.95. The molecule has 4 rings (SSSR count). The van der Waals surface area contributed by atoms with Gasteiger partial charge < -0.3 is 15.0 Å². The van der Waals surface area contributed by atoms with Gasteiger partial charge in [-0.3, -0.25) is 9.59 Å². The van der Waals surface area contributed by atoms with Crippen molar-refractivity contribution < 1.29 is 14.3 Å². The van der Waals surface area contributed by atoms with E-state index in [2.05, 4.69) is 5.32 Å². The van der Waals surface area contributed by atoms with Gasteiger partial charge in [0.1, 0.15) is 5.75 Å². The van der Waals surface area contributed by atoms with Crippen LogP contribution in [0.15, 0.2) is 78.9 Å². The summed E-state index contributed by atoms with van der Waals surface area (Å²) in [6.07, 6.45) is 1.29. The van der Waals surface area contributed by atoms with Crippen LogP contribution in [0.2, 0.25) is 0 Å². The number of amides is 2. The molecule has 1 fully saturated rings. The number of para-hydroxylation sites is 3. The molecular formula is C26H26N2O3. The molecule has 5 heteroatoms. The smallest absolute Gasteiger partial charge is 0.254 e. The number of carbonyl (C=O) groups is 2. The number of likely N-dealkylation sites (tertiary alicyclic amines) is 1. The molecule has 0 atom stereocenters. The van der Waals surface area contributed by atoms with Crippen LogP contribution < -0.4 is 10.1 Å². The van der Waals surface area contributed by atoms with Gasteiger partial charge in [-0.2, -0.15) is 0 Å². The quantitative estimate of drug-likeness (QED) is 0.618. The second-order valence-corrected chi connectivity index (χ2v) is 7.78. The Morgan fingerprint density at radius 3 is 2.26 bits per heavy atom. The van der Waals surface area contributed by atoms with Gasteiger partial charge in [0.2, 0.25) is 5.91 Å². The van der Waals surface area contributed by atoms with E-state index in [4.69, 9.17) is 4.74 Å². The van der Waals surface area contributed by atoms with Gasteiger partial charge in [0.05, 0.1) is 5.69 Å². The largest absolute Gasteiger partial charge is 0.455 e. The molecule has 0 aromatic heterocycles. The lowest BCUT2D eigenvalue weighted by molar-refractivity contribution is -0.121. The van der Waals surface area contributed by atoms with E-state index in [1.54, 1.807) is 0 Å². The highest BCUT2D eigenvalue weighted by Gasteiger charge is 2.28. The Balaban J connectivity index is 1.37. The van der Waals surface area contributed by atoms with Crippen LogP contribution in [-0.4, -0.2) is 29.8 Å². The molecule has 1 saturated heterocycles. The molecule has 0 unspecified atom stereocenters. The number of hydrogen-bond donors (Lipinski definition) is 1. The number of ether oxygens (including phenoxy) is 1. The van der Waals surface area contributed by atoms with Gasteiger partial charge in [-0.05, 0) is 55.7 Å². The van der Waals surface area contributed by atoms with Crippen LogP contribution in [0.25, 0.3) is 0 Å². The first-order valence-corrected chi connectivity index (χ1v) is 10.6. The van der Waals surface area contributed by atoms with Gasteiger partial charge in [-0.1, -0.05) is 48.5 Å². The van der Waals surface area contributed by atoms with Crippen molar-refractivity contribution >= 4 is 17.5 Å². The molecule has 0 radical (unpaired) electrons. The fourth-order valence-corrected chi connectivity index (χ4v) is 3.84. The van der Waals surface area contributed by atoms with Crippen LogP contribution in [0.3, 0.4) is 0 Å². The van der Waals surface area contributed by atoms with Crippen molar-refractivity contribution in [3.8, 4) is 11.5 Å². The maximum atomic E-state index is 12.9. The first-order valence-electron chi connectivity index (χ1n) is 10.6. The Kier molecular flexibility index (Phi) is 6.32. The monoisotopic (exact) mass is 414 g/mol. The molecule has 1 N–H and O–H groups in total. The number of carbonyl (C=O) groups excluding carboxylic acids is 2. The standard InChI is InChI=1S/C26H26N2O3/c1-19-9-5-6-12-22(19)26(30)28-17-15-20(16-18-28)25(29)27-23-13-7-8-14-24(23)31-21-10-3-2-4-11-21/h2-14,20H,15-18H2,1H3,(H,27,29). The van der Waals surface area contributed by atoms with Crippen molar-refractivity contribution in [3.63, 3.8) is 0 Å². The molecule has 0 saturated carbocycles. The van der Waals surface area contributed by atoms with Crippen LogP contribution >= 0.6 is 0 Å². The van der Waals surface area contributed by atoms with Crippen LogP contribution in [0, 0.1) is 12.8 Å². The highest BCUT2D eigenvalue weighted by molar-refractivity contribution is 5.96. The second kappa shape index (κ2) is 9.47. The maximum Gasteiger partial charge on any atom is 0.254 e. The predicted molar refractivity (Wildman–Crippen MR) is 121 cm³/mol. The first kappa shape index (κ1) is 20.7. The Bertz CT molecular complexity index is 1060. The average molecular weight is 415 g/mol. The van der Waals surface area contributed by atoms with Crippen molar-refractivity contribution in [1.82, 2.24) is 4.90 Å². The van der Waals surface area contributed by atoms with Gasteiger partial charge in [-0.15, -0.1) is 0 Å². The minimum atomic E-state index is -0.134. The molecule has 1 aliphatic heterocycles. The third-order valence-corrected chi connectivity index (χ3v) is 5.64. The fourth-order valence-electron chi connectivity index (χ4n) is 3.84. The van der Waals surface area contributed by atoms with Crippen LogP contribution in [0.4, 0.5) is 5.69 Å². The summed E-state index contributed by atoms with van der Waals surface area (Å²) in [7, 11) is 0. The molecule has 0 aliphatic carbocycles. The summed E-state index contributed by atoms with van der Waals surface area (Å²) in [5, 5.41) is 3.02. The normalized spacial score (nSPS) is 14.2. The van der Waals surface area contributed by atoms with E-state index < -0.39 is 0 Å². The van der Waals surface area contributed by atoms with Crippen LogP contribution in [-0.2, 0) is 4.79 Å². The van der Waals surface area contributed by atoms with Gasteiger partial charge in [-0.25, -0.2) is 0 Å². The minimum Gasteiger partial charge on any atom is -0.455 e. The second-order valence-electron chi connectivity index (χ2n) is 7.78. The summed E-state index contributed by atoms with van der Waals surface area (Å²) in [4.78, 5) is 27.6. The van der Waals surface area contributed by atoms with E-state index >= 15 is 0 Å². The number of rotatable bonds is 5.